The van der Waals surface area contributed by atoms with Gasteiger partial charge >= 0.3 is 0 Å². The van der Waals surface area contributed by atoms with Crippen molar-refractivity contribution in [2.45, 2.75) is 6.42 Å². The summed E-state index contributed by atoms with van der Waals surface area (Å²) in [6.45, 7) is 2.22. The summed E-state index contributed by atoms with van der Waals surface area (Å²) >= 11 is 0. The summed E-state index contributed by atoms with van der Waals surface area (Å²) in [5, 5.41) is 9.12. The first kappa shape index (κ1) is 21.8. The highest BCUT2D eigenvalue weighted by atomic mass is 19.1. The Labute approximate surface area is 210 Å². The van der Waals surface area contributed by atoms with Gasteiger partial charge in [0.2, 0.25) is 5.43 Å². The quantitative estimate of drug-likeness (QED) is 0.386. The molecule has 186 valence electrons. The lowest BCUT2D eigenvalue weighted by Gasteiger charge is -2.29. The number of amides is 1. The second-order valence-electron chi connectivity index (χ2n) is 9.18. The first-order valence-corrected chi connectivity index (χ1v) is 12.2. The second kappa shape index (κ2) is 8.31. The molecule has 4 aromatic rings. The molecule has 0 aliphatic carbocycles. The van der Waals surface area contributed by atoms with Crippen molar-refractivity contribution < 1.29 is 18.7 Å². The van der Waals surface area contributed by atoms with Gasteiger partial charge in [-0.2, -0.15) is 5.10 Å². The SMILES string of the molecule is O=C(c1cn2c3c(c(NC4=NNCC4)c(F)cc3c1=O)Oc1ccc3ccccc3c1-2)N1CCOCC1. The third-order valence-electron chi connectivity index (χ3n) is 7.00. The standard InChI is InChI=1S/C27H22FN5O4/c28-19-13-17-24-26(22(19)30-21-7-8-29-31-21)37-20-6-5-15-3-1-2-4-16(15)23(20)33(24)14-18(25(17)34)27(35)32-9-11-36-12-10-32/h1-6,13-14,29H,7-12H2,(H,30,31). The molecule has 0 bridgehead atoms. The van der Waals surface area contributed by atoms with Gasteiger partial charge in [-0.3, -0.25) is 9.59 Å². The lowest BCUT2D eigenvalue weighted by Crippen LogP contribution is -2.42. The fourth-order valence-electron chi connectivity index (χ4n) is 5.20. The van der Waals surface area contributed by atoms with Crippen LogP contribution in [0.1, 0.15) is 16.8 Å². The number of carbonyl (C=O) groups excluding carboxylic acids is 1. The molecular weight excluding hydrogens is 477 g/mol. The van der Waals surface area contributed by atoms with Gasteiger partial charge in [-0.15, -0.1) is 0 Å². The number of amidine groups is 1. The van der Waals surface area contributed by atoms with Crippen LogP contribution in [0, 0.1) is 5.82 Å². The van der Waals surface area contributed by atoms with E-state index in [1.807, 2.05) is 36.4 Å². The third-order valence-corrected chi connectivity index (χ3v) is 7.00. The van der Waals surface area contributed by atoms with Gasteiger partial charge in [0, 0.05) is 37.6 Å². The van der Waals surface area contributed by atoms with Crippen LogP contribution in [0.2, 0.25) is 0 Å². The molecule has 1 aromatic heterocycles. The van der Waals surface area contributed by atoms with Crippen LogP contribution >= 0.6 is 0 Å². The number of benzene rings is 3. The molecule has 0 atom stereocenters. The number of hydrazone groups is 1. The van der Waals surface area contributed by atoms with Crippen LogP contribution in [0.15, 0.2) is 58.6 Å². The lowest BCUT2D eigenvalue weighted by molar-refractivity contribution is 0.0302. The molecule has 1 amide bonds. The Hall–Kier alpha value is -4.44. The smallest absolute Gasteiger partial charge is 0.259 e. The number of nitrogens with one attached hydrogen (secondary N) is 2. The van der Waals surface area contributed by atoms with Gasteiger partial charge in [-0.05, 0) is 17.5 Å². The predicted octanol–water partition coefficient (Wildman–Crippen LogP) is 3.58. The van der Waals surface area contributed by atoms with Crippen LogP contribution in [-0.4, -0.2) is 54.1 Å². The summed E-state index contributed by atoms with van der Waals surface area (Å²) in [6, 6.07) is 12.7. The molecule has 4 heterocycles. The van der Waals surface area contributed by atoms with E-state index in [0.29, 0.717) is 62.1 Å². The van der Waals surface area contributed by atoms with E-state index < -0.39 is 17.2 Å². The molecule has 9 nitrogen and oxygen atoms in total. The number of aromatic nitrogens is 1. The Morgan fingerprint density at radius 3 is 2.76 bits per heavy atom. The van der Waals surface area contributed by atoms with Crippen molar-refractivity contribution in [2.75, 3.05) is 38.2 Å². The molecule has 10 heteroatoms. The van der Waals surface area contributed by atoms with Gasteiger partial charge in [0.15, 0.2) is 17.3 Å². The van der Waals surface area contributed by atoms with Crippen LogP contribution in [0.4, 0.5) is 10.1 Å². The van der Waals surface area contributed by atoms with Crippen molar-refractivity contribution in [1.29, 1.82) is 0 Å². The van der Waals surface area contributed by atoms with Crippen LogP contribution in [0.25, 0.3) is 27.4 Å². The Morgan fingerprint density at radius 1 is 1.11 bits per heavy atom. The number of morpholine rings is 1. The molecule has 0 radical (unpaired) electrons. The number of pyridine rings is 1. The minimum absolute atomic E-state index is 0.0226. The van der Waals surface area contributed by atoms with E-state index in [-0.39, 0.29) is 22.4 Å². The fourth-order valence-corrected chi connectivity index (χ4v) is 5.20. The molecule has 37 heavy (non-hydrogen) atoms. The number of rotatable bonds is 2. The van der Waals surface area contributed by atoms with Crippen molar-refractivity contribution in [1.82, 2.24) is 14.9 Å². The zero-order chi connectivity index (χ0) is 25.1. The first-order valence-electron chi connectivity index (χ1n) is 12.2. The maximum atomic E-state index is 15.6. The third kappa shape index (κ3) is 3.36. The maximum Gasteiger partial charge on any atom is 0.259 e. The Kier molecular flexibility index (Phi) is 4.90. The lowest BCUT2D eigenvalue weighted by atomic mass is 10.0. The second-order valence-corrected chi connectivity index (χ2v) is 9.18. The summed E-state index contributed by atoms with van der Waals surface area (Å²) in [6.07, 6.45) is 2.16. The maximum absolute atomic E-state index is 15.6. The van der Waals surface area contributed by atoms with Gasteiger partial charge in [0.05, 0.1) is 24.3 Å². The Bertz CT molecular complexity index is 1710. The van der Waals surface area contributed by atoms with Crippen LogP contribution in [-0.2, 0) is 4.74 Å². The highest BCUT2D eigenvalue weighted by molar-refractivity contribution is 6.06. The topological polar surface area (TPSA) is 97.2 Å². The minimum atomic E-state index is -0.666. The largest absolute Gasteiger partial charge is 0.451 e. The van der Waals surface area contributed by atoms with Gasteiger partial charge in [0.25, 0.3) is 5.91 Å². The zero-order valence-electron chi connectivity index (χ0n) is 19.7. The predicted molar refractivity (Wildman–Crippen MR) is 137 cm³/mol. The molecule has 0 saturated carbocycles. The zero-order valence-corrected chi connectivity index (χ0v) is 19.7. The van der Waals surface area contributed by atoms with Crippen molar-refractivity contribution in [3.63, 3.8) is 0 Å². The molecule has 2 N–H and O–H groups in total. The Balaban J connectivity index is 1.54. The number of ether oxygens (including phenoxy) is 2. The average Bonchev–Trinajstić information content (AvgIpc) is 3.45. The first-order chi connectivity index (χ1) is 18.1. The summed E-state index contributed by atoms with van der Waals surface area (Å²) in [5.41, 5.74) is 3.47. The normalized spacial score (nSPS) is 16.2. The fraction of sp³-hybridized carbons (Fsp3) is 0.222. The molecule has 1 saturated heterocycles. The van der Waals surface area contributed by atoms with E-state index in [4.69, 9.17) is 9.47 Å². The average molecular weight is 500 g/mol. The highest BCUT2D eigenvalue weighted by Gasteiger charge is 2.31. The van der Waals surface area contributed by atoms with E-state index in [1.54, 1.807) is 15.7 Å². The molecular formula is C27H22FN5O4. The molecule has 3 aromatic carbocycles. The van der Waals surface area contributed by atoms with Crippen molar-refractivity contribution in [2.24, 2.45) is 5.10 Å². The highest BCUT2D eigenvalue weighted by Crippen LogP contribution is 2.47. The molecule has 0 spiro atoms. The van der Waals surface area contributed by atoms with E-state index >= 15 is 4.39 Å². The molecule has 7 rings (SSSR count). The summed E-state index contributed by atoms with van der Waals surface area (Å²) < 4.78 is 29.1. The van der Waals surface area contributed by atoms with Gasteiger partial charge in [-0.1, -0.05) is 30.3 Å². The number of carbonyl (C=O) groups is 1. The molecule has 1 fully saturated rings. The molecule has 0 unspecified atom stereocenters. The summed E-state index contributed by atoms with van der Waals surface area (Å²) in [5.74, 6) is 0.162. The van der Waals surface area contributed by atoms with Crippen molar-refractivity contribution in [3.05, 3.63) is 70.3 Å². The minimum Gasteiger partial charge on any atom is -0.451 e. The molecule has 3 aliphatic heterocycles. The van der Waals surface area contributed by atoms with E-state index in [1.165, 1.54) is 6.07 Å². The summed E-state index contributed by atoms with van der Waals surface area (Å²) in [7, 11) is 0. The van der Waals surface area contributed by atoms with Crippen LogP contribution in [0.3, 0.4) is 0 Å². The van der Waals surface area contributed by atoms with E-state index in [0.717, 1.165) is 10.8 Å². The number of fused-ring (bicyclic) bond motifs is 4. The Morgan fingerprint density at radius 2 is 1.95 bits per heavy atom. The summed E-state index contributed by atoms with van der Waals surface area (Å²) in [4.78, 5) is 28.8. The van der Waals surface area contributed by atoms with Crippen molar-refractivity contribution >= 4 is 39.1 Å². The number of halogens is 1. The molecule has 3 aliphatic rings. The number of anilines is 1. The van der Waals surface area contributed by atoms with Gasteiger partial charge in [-0.25, -0.2) is 4.39 Å². The number of nitrogens with zero attached hydrogens (tertiary/aromatic N) is 3. The monoisotopic (exact) mass is 499 g/mol. The van der Waals surface area contributed by atoms with Gasteiger partial charge in [0.1, 0.15) is 22.6 Å². The van der Waals surface area contributed by atoms with Crippen molar-refractivity contribution in [3.8, 4) is 17.2 Å². The van der Waals surface area contributed by atoms with Crippen LogP contribution < -0.4 is 20.9 Å². The van der Waals surface area contributed by atoms with Gasteiger partial charge < -0.3 is 29.7 Å². The number of hydrogen-bond donors (Lipinski definition) is 2. The number of hydrogen-bond acceptors (Lipinski definition) is 7. The van der Waals surface area contributed by atoms with E-state index in [2.05, 4.69) is 15.8 Å². The van der Waals surface area contributed by atoms with Crippen LogP contribution in [0.5, 0.6) is 11.5 Å². The van der Waals surface area contributed by atoms with E-state index in [9.17, 15) is 9.59 Å².